The minimum absolute atomic E-state index is 0.0983. The molecule has 9 nitrogen and oxygen atoms in total. The molecule has 0 spiro atoms. The highest BCUT2D eigenvalue weighted by atomic mass is 79.9. The van der Waals surface area contributed by atoms with Gasteiger partial charge in [-0.15, -0.1) is 0 Å². The van der Waals surface area contributed by atoms with E-state index in [9.17, 15) is 20.3 Å². The van der Waals surface area contributed by atoms with Gasteiger partial charge in [0.25, 0.3) is 0 Å². The maximum absolute atomic E-state index is 9.97. The molecular formula is C24H33B2BrClNO8. The van der Waals surface area contributed by atoms with E-state index in [4.69, 9.17) is 36.1 Å². The molecule has 0 aromatic heterocycles. The van der Waals surface area contributed by atoms with Crippen LogP contribution in [0.15, 0.2) is 28.7 Å². The lowest BCUT2D eigenvalue weighted by Crippen LogP contribution is -2.33. The van der Waals surface area contributed by atoms with Crippen LogP contribution in [0.25, 0.3) is 0 Å². The molecule has 6 N–H and O–H groups in total. The SMILES string of the molecule is CC(C)(O)COc1ccc(Cl)c2c1B(O)OC2CN.CCC1OB(O)c2c(OCC(C)O)ccc(Br)c21. The summed E-state index contributed by atoms with van der Waals surface area (Å²) in [4.78, 5) is 0. The largest absolute Gasteiger partial charge is 0.495 e. The van der Waals surface area contributed by atoms with E-state index in [1.165, 1.54) is 0 Å². The molecule has 0 saturated carbocycles. The molecule has 0 aliphatic carbocycles. The van der Waals surface area contributed by atoms with E-state index in [1.807, 2.05) is 13.0 Å². The standard InChI is InChI=1S/C12H16BBrO4.C12H17BClNO4/c1-3-9-11-8(14)4-5-10(17-6-7(2)15)12(11)13(16)18-9;1-12(2,16)6-18-8-4-3-7(14)10-9(5-15)19-13(17)11(8)10/h4-5,7,9,15-16H,3,6H2,1-2H3;3-4,9,16-17H,5-6,15H2,1-2H3. The first-order valence-corrected chi connectivity index (χ1v) is 13.2. The predicted molar refractivity (Wildman–Crippen MR) is 147 cm³/mol. The zero-order valence-electron chi connectivity index (χ0n) is 21.3. The van der Waals surface area contributed by atoms with Gasteiger partial charge in [0.05, 0.1) is 23.9 Å². The number of hydrogen-bond donors (Lipinski definition) is 5. The van der Waals surface area contributed by atoms with Gasteiger partial charge >= 0.3 is 14.2 Å². The molecule has 2 aromatic rings. The van der Waals surface area contributed by atoms with Crippen molar-refractivity contribution in [3.05, 3.63) is 44.9 Å². The zero-order valence-corrected chi connectivity index (χ0v) is 23.6. The average Bonchev–Trinajstić information content (AvgIpc) is 3.36. The van der Waals surface area contributed by atoms with Gasteiger partial charge in [0.15, 0.2) is 0 Å². The molecule has 202 valence electrons. The van der Waals surface area contributed by atoms with E-state index >= 15 is 0 Å². The van der Waals surface area contributed by atoms with E-state index in [0.717, 1.165) is 16.5 Å². The second-order valence-corrected chi connectivity index (χ2v) is 10.9. The lowest BCUT2D eigenvalue weighted by atomic mass is 9.78. The van der Waals surface area contributed by atoms with Crippen LogP contribution < -0.4 is 26.1 Å². The summed E-state index contributed by atoms with van der Waals surface area (Å²) in [6, 6.07) is 6.97. The van der Waals surface area contributed by atoms with Crippen LogP contribution in [0.1, 0.15) is 57.5 Å². The lowest BCUT2D eigenvalue weighted by Gasteiger charge is -2.19. The number of rotatable bonds is 8. The molecule has 37 heavy (non-hydrogen) atoms. The fraction of sp³-hybridized carbons (Fsp3) is 0.500. The van der Waals surface area contributed by atoms with Crippen molar-refractivity contribution in [2.45, 2.75) is 58.0 Å². The quantitative estimate of drug-likeness (QED) is 0.286. The summed E-state index contributed by atoms with van der Waals surface area (Å²) in [5, 5.41) is 39.3. The lowest BCUT2D eigenvalue weighted by molar-refractivity contribution is 0.0288. The Morgan fingerprint density at radius 3 is 2.19 bits per heavy atom. The molecule has 0 amide bonds. The van der Waals surface area contributed by atoms with Crippen molar-refractivity contribution in [3.63, 3.8) is 0 Å². The van der Waals surface area contributed by atoms with Gasteiger partial charge in [0, 0.05) is 32.5 Å². The topological polar surface area (TPSA) is 144 Å². The molecule has 0 fully saturated rings. The molecule has 3 unspecified atom stereocenters. The van der Waals surface area contributed by atoms with Crippen LogP contribution in [-0.2, 0) is 9.31 Å². The first-order chi connectivity index (χ1) is 17.4. The second-order valence-electron chi connectivity index (χ2n) is 9.60. The average molecular weight is 601 g/mol. The van der Waals surface area contributed by atoms with Gasteiger partial charge in [0.1, 0.15) is 24.7 Å². The van der Waals surface area contributed by atoms with Crippen molar-refractivity contribution in [1.29, 1.82) is 0 Å². The minimum Gasteiger partial charge on any atom is -0.491 e. The fourth-order valence-corrected chi connectivity index (χ4v) is 5.00. The smallest absolute Gasteiger partial charge is 0.491 e. The Hall–Kier alpha value is -1.34. The Bertz CT molecular complexity index is 1090. The third-order valence-electron chi connectivity index (χ3n) is 5.76. The highest BCUT2D eigenvalue weighted by Crippen LogP contribution is 2.35. The summed E-state index contributed by atoms with van der Waals surface area (Å²) < 4.78 is 22.8. The van der Waals surface area contributed by atoms with Crippen molar-refractivity contribution in [3.8, 4) is 11.5 Å². The van der Waals surface area contributed by atoms with Crippen LogP contribution in [-0.4, -0.2) is 66.0 Å². The minimum atomic E-state index is -1.11. The molecule has 2 aromatic carbocycles. The van der Waals surface area contributed by atoms with E-state index in [1.54, 1.807) is 39.0 Å². The molecule has 2 aliphatic rings. The Morgan fingerprint density at radius 1 is 1.05 bits per heavy atom. The summed E-state index contributed by atoms with van der Waals surface area (Å²) in [5.41, 5.74) is 7.38. The maximum atomic E-state index is 9.97. The summed E-state index contributed by atoms with van der Waals surface area (Å²) in [7, 11) is -2.08. The first-order valence-electron chi connectivity index (χ1n) is 12.1. The van der Waals surface area contributed by atoms with E-state index in [-0.39, 0.29) is 25.9 Å². The second kappa shape index (κ2) is 12.7. The molecule has 3 atom stereocenters. The van der Waals surface area contributed by atoms with E-state index in [0.29, 0.717) is 33.0 Å². The van der Waals surface area contributed by atoms with Crippen molar-refractivity contribution in [2.24, 2.45) is 5.73 Å². The molecule has 13 heteroatoms. The zero-order chi connectivity index (χ0) is 27.5. The van der Waals surface area contributed by atoms with Crippen molar-refractivity contribution in [1.82, 2.24) is 0 Å². The number of fused-ring (bicyclic) bond motifs is 2. The van der Waals surface area contributed by atoms with Gasteiger partial charge in [0.2, 0.25) is 0 Å². The highest BCUT2D eigenvalue weighted by molar-refractivity contribution is 9.10. The van der Waals surface area contributed by atoms with Crippen LogP contribution in [0.5, 0.6) is 11.5 Å². The Balaban J connectivity index is 0.000000206. The van der Waals surface area contributed by atoms with Crippen LogP contribution in [0.2, 0.25) is 5.02 Å². The highest BCUT2D eigenvalue weighted by Gasteiger charge is 2.40. The van der Waals surface area contributed by atoms with Crippen molar-refractivity contribution < 1.29 is 39.0 Å². The number of benzene rings is 2. The first kappa shape index (κ1) is 30.2. The van der Waals surface area contributed by atoms with E-state index < -0.39 is 32.0 Å². The van der Waals surface area contributed by atoms with Crippen molar-refractivity contribution >= 4 is 52.7 Å². The molecule has 0 bridgehead atoms. The molecule has 0 radical (unpaired) electrons. The molecule has 2 heterocycles. The summed E-state index contributed by atoms with van der Waals surface area (Å²) in [6.07, 6.45) is -0.337. The van der Waals surface area contributed by atoms with Gasteiger partial charge < -0.3 is 44.8 Å². The number of aliphatic hydroxyl groups is 2. The summed E-state index contributed by atoms with van der Waals surface area (Å²) in [6.45, 7) is 7.44. The maximum Gasteiger partial charge on any atom is 0.495 e. The van der Waals surface area contributed by atoms with Gasteiger partial charge in [-0.2, -0.15) is 0 Å². The van der Waals surface area contributed by atoms with Crippen LogP contribution in [0.4, 0.5) is 0 Å². The Labute approximate surface area is 231 Å². The molecule has 2 aliphatic heterocycles. The number of aliphatic hydroxyl groups excluding tert-OH is 1. The molecular weight excluding hydrogens is 567 g/mol. The third kappa shape index (κ3) is 7.20. The van der Waals surface area contributed by atoms with Crippen molar-refractivity contribution in [2.75, 3.05) is 19.8 Å². The Kier molecular flexibility index (Phi) is 10.3. The van der Waals surface area contributed by atoms with Gasteiger partial charge in [-0.25, -0.2) is 0 Å². The number of halogens is 2. The van der Waals surface area contributed by atoms with Gasteiger partial charge in [-0.1, -0.05) is 34.5 Å². The van der Waals surface area contributed by atoms with Crippen LogP contribution in [0.3, 0.4) is 0 Å². The summed E-state index contributed by atoms with van der Waals surface area (Å²) >= 11 is 9.59. The van der Waals surface area contributed by atoms with Crippen LogP contribution >= 0.6 is 27.5 Å². The van der Waals surface area contributed by atoms with Gasteiger partial charge in [-0.05, 0) is 57.0 Å². The molecule has 4 rings (SSSR count). The fourth-order valence-electron chi connectivity index (χ4n) is 4.12. The van der Waals surface area contributed by atoms with Crippen LogP contribution in [0, 0.1) is 0 Å². The van der Waals surface area contributed by atoms with Gasteiger partial charge in [-0.3, -0.25) is 0 Å². The monoisotopic (exact) mass is 599 g/mol. The third-order valence-corrected chi connectivity index (χ3v) is 6.78. The number of ether oxygens (including phenoxy) is 2. The molecule has 0 saturated heterocycles. The number of hydrogen-bond acceptors (Lipinski definition) is 9. The Morgan fingerprint density at radius 2 is 1.62 bits per heavy atom. The predicted octanol–water partition coefficient (Wildman–Crippen LogP) is 1.58. The van der Waals surface area contributed by atoms with E-state index in [2.05, 4.69) is 15.9 Å². The summed E-state index contributed by atoms with van der Waals surface area (Å²) in [5.74, 6) is 1.02. The normalized spacial score (nSPS) is 19.2. The number of nitrogens with two attached hydrogens (primary N) is 1.